The van der Waals surface area contributed by atoms with Crippen LogP contribution in [0.3, 0.4) is 0 Å². The summed E-state index contributed by atoms with van der Waals surface area (Å²) >= 11 is 0. The number of carbonyl (C=O) groups is 3. The lowest BCUT2D eigenvalue weighted by molar-refractivity contribution is -0.142. The molecule has 0 unspecified atom stereocenters. The number of carboxylic acids is 1. The third-order valence-electron chi connectivity index (χ3n) is 6.38. The Kier molecular flexibility index (Phi) is 6.44. The Morgan fingerprint density at radius 3 is 2.28 bits per heavy atom. The number of nitrogens with one attached hydrogen (secondary N) is 2. The van der Waals surface area contributed by atoms with Crippen LogP contribution in [0.5, 0.6) is 0 Å². The van der Waals surface area contributed by atoms with E-state index in [1.54, 1.807) is 6.92 Å². The minimum atomic E-state index is -0.877. The standard InChI is InChI=1S/C25H28N2O5/c1-15(13-23(28)27-22-12-6-11-20(22)24(29)30)26-25(31)32-14-21-18-9-4-2-7-16(18)17-8-3-5-10-19(17)21/h2-5,7-10,15,20-22H,6,11-14H2,1H3,(H,26,31)(H,27,28)(H,29,30)/t15-,20-,22+/m1/s1. The van der Waals surface area contributed by atoms with Crippen LogP contribution in [-0.4, -0.2) is 41.8 Å². The fourth-order valence-electron chi connectivity index (χ4n) is 4.86. The van der Waals surface area contributed by atoms with Crippen molar-refractivity contribution in [3.8, 4) is 11.1 Å². The Hall–Kier alpha value is -3.35. The highest BCUT2D eigenvalue weighted by atomic mass is 16.5. The molecule has 2 aromatic rings. The predicted octanol–water partition coefficient (Wildman–Crippen LogP) is 3.67. The molecular formula is C25H28N2O5. The Balaban J connectivity index is 1.28. The van der Waals surface area contributed by atoms with Gasteiger partial charge in [0, 0.05) is 24.4 Å². The summed E-state index contributed by atoms with van der Waals surface area (Å²) < 4.78 is 5.51. The average Bonchev–Trinajstić information content (AvgIpc) is 3.34. The molecule has 0 bridgehead atoms. The second-order valence-electron chi connectivity index (χ2n) is 8.62. The first-order chi connectivity index (χ1) is 15.4. The topological polar surface area (TPSA) is 105 Å². The number of fused-ring (bicyclic) bond motifs is 3. The van der Waals surface area contributed by atoms with Gasteiger partial charge in [-0.1, -0.05) is 55.0 Å². The van der Waals surface area contributed by atoms with Crippen LogP contribution in [0.25, 0.3) is 11.1 Å². The number of carbonyl (C=O) groups excluding carboxylic acids is 2. The van der Waals surface area contributed by atoms with Gasteiger partial charge >= 0.3 is 12.1 Å². The van der Waals surface area contributed by atoms with Crippen molar-refractivity contribution in [3.63, 3.8) is 0 Å². The van der Waals surface area contributed by atoms with Crippen LogP contribution in [-0.2, 0) is 14.3 Å². The Bertz CT molecular complexity index is 975. The number of hydrogen-bond acceptors (Lipinski definition) is 4. The van der Waals surface area contributed by atoms with Crippen molar-refractivity contribution in [2.75, 3.05) is 6.61 Å². The number of ether oxygens (including phenoxy) is 1. The van der Waals surface area contributed by atoms with Gasteiger partial charge in [-0.3, -0.25) is 9.59 Å². The van der Waals surface area contributed by atoms with Crippen LogP contribution in [0.15, 0.2) is 48.5 Å². The highest BCUT2D eigenvalue weighted by molar-refractivity contribution is 5.80. The molecule has 168 valence electrons. The van der Waals surface area contributed by atoms with Crippen LogP contribution < -0.4 is 10.6 Å². The van der Waals surface area contributed by atoms with Gasteiger partial charge < -0.3 is 20.5 Å². The second kappa shape index (κ2) is 9.42. The maximum atomic E-state index is 12.4. The van der Waals surface area contributed by atoms with Crippen LogP contribution in [0.1, 0.15) is 49.7 Å². The lowest BCUT2D eigenvalue weighted by atomic mass is 9.98. The molecule has 7 nitrogen and oxygen atoms in total. The van der Waals surface area contributed by atoms with Gasteiger partial charge in [0.15, 0.2) is 0 Å². The maximum absolute atomic E-state index is 12.4. The molecule has 1 fully saturated rings. The third kappa shape index (κ3) is 4.61. The first-order valence-corrected chi connectivity index (χ1v) is 11.1. The Morgan fingerprint density at radius 1 is 1.03 bits per heavy atom. The molecule has 32 heavy (non-hydrogen) atoms. The summed E-state index contributed by atoms with van der Waals surface area (Å²) in [5, 5.41) is 14.7. The van der Waals surface area contributed by atoms with Gasteiger partial charge in [-0.15, -0.1) is 0 Å². The minimum Gasteiger partial charge on any atom is -0.481 e. The van der Waals surface area contributed by atoms with Crippen molar-refractivity contribution in [3.05, 3.63) is 59.7 Å². The van der Waals surface area contributed by atoms with E-state index in [4.69, 9.17) is 4.74 Å². The number of aliphatic carboxylic acids is 1. The summed E-state index contributed by atoms with van der Waals surface area (Å²) in [6.45, 7) is 1.94. The molecule has 0 radical (unpaired) electrons. The van der Waals surface area contributed by atoms with E-state index < -0.39 is 24.0 Å². The SMILES string of the molecule is C[C@H](CC(=O)N[C@H]1CCC[C@H]1C(=O)O)NC(=O)OCC1c2ccccc2-c2ccccc21. The largest absolute Gasteiger partial charge is 0.481 e. The number of carboxylic acid groups (broad SMARTS) is 1. The van der Waals surface area contributed by atoms with Crippen LogP contribution in [0.2, 0.25) is 0 Å². The maximum Gasteiger partial charge on any atom is 0.407 e. The van der Waals surface area contributed by atoms with Crippen molar-refractivity contribution in [1.82, 2.24) is 10.6 Å². The molecule has 0 aromatic heterocycles. The first kappa shape index (κ1) is 21.9. The number of hydrogen-bond donors (Lipinski definition) is 3. The van der Waals surface area contributed by atoms with E-state index in [1.165, 1.54) is 0 Å². The summed E-state index contributed by atoms with van der Waals surface area (Å²) in [6.07, 6.45) is 1.52. The molecule has 4 rings (SSSR count). The van der Waals surface area contributed by atoms with Gasteiger partial charge in [0.25, 0.3) is 0 Å². The molecule has 1 saturated carbocycles. The lowest BCUT2D eigenvalue weighted by Gasteiger charge is -2.20. The predicted molar refractivity (Wildman–Crippen MR) is 119 cm³/mol. The summed E-state index contributed by atoms with van der Waals surface area (Å²) in [7, 11) is 0. The van der Waals surface area contributed by atoms with E-state index in [0.717, 1.165) is 28.7 Å². The molecule has 0 saturated heterocycles. The molecular weight excluding hydrogens is 408 g/mol. The number of rotatable bonds is 7. The number of benzene rings is 2. The van der Waals surface area contributed by atoms with Gasteiger partial charge in [-0.05, 0) is 42.0 Å². The van der Waals surface area contributed by atoms with E-state index in [9.17, 15) is 19.5 Å². The molecule has 0 aliphatic heterocycles. The van der Waals surface area contributed by atoms with Gasteiger partial charge in [-0.25, -0.2) is 4.79 Å². The van der Waals surface area contributed by atoms with E-state index in [2.05, 4.69) is 34.9 Å². The molecule has 3 N–H and O–H groups in total. The van der Waals surface area contributed by atoms with Crippen molar-refractivity contribution >= 4 is 18.0 Å². The molecule has 7 heteroatoms. The molecule has 2 aliphatic carbocycles. The first-order valence-electron chi connectivity index (χ1n) is 11.1. The van der Waals surface area contributed by atoms with Crippen LogP contribution in [0.4, 0.5) is 4.79 Å². The van der Waals surface area contributed by atoms with Crippen molar-refractivity contribution in [2.24, 2.45) is 5.92 Å². The fourth-order valence-corrected chi connectivity index (χ4v) is 4.86. The lowest BCUT2D eigenvalue weighted by Crippen LogP contribution is -2.43. The smallest absolute Gasteiger partial charge is 0.407 e. The minimum absolute atomic E-state index is 0.0259. The zero-order valence-electron chi connectivity index (χ0n) is 18.0. The van der Waals surface area contributed by atoms with Crippen molar-refractivity contribution < 1.29 is 24.2 Å². The third-order valence-corrected chi connectivity index (χ3v) is 6.38. The highest BCUT2D eigenvalue weighted by Gasteiger charge is 2.34. The fraction of sp³-hybridized carbons (Fsp3) is 0.400. The second-order valence-corrected chi connectivity index (χ2v) is 8.62. The normalized spacial score (nSPS) is 20.2. The van der Waals surface area contributed by atoms with Gasteiger partial charge in [0.2, 0.25) is 5.91 Å². The monoisotopic (exact) mass is 436 g/mol. The Morgan fingerprint density at radius 2 is 1.66 bits per heavy atom. The van der Waals surface area contributed by atoms with Crippen molar-refractivity contribution in [1.29, 1.82) is 0 Å². The molecule has 0 spiro atoms. The number of amides is 2. The van der Waals surface area contributed by atoms with Gasteiger partial charge in [0.05, 0.1) is 5.92 Å². The summed E-state index contributed by atoms with van der Waals surface area (Å²) in [5.74, 6) is -1.71. The Labute approximate surface area is 187 Å². The van der Waals surface area contributed by atoms with E-state index in [0.29, 0.717) is 12.8 Å². The molecule has 0 heterocycles. The van der Waals surface area contributed by atoms with Gasteiger partial charge in [-0.2, -0.15) is 0 Å². The van der Waals surface area contributed by atoms with Crippen LogP contribution >= 0.6 is 0 Å². The quantitative estimate of drug-likeness (QED) is 0.614. The van der Waals surface area contributed by atoms with E-state index in [1.807, 2.05) is 24.3 Å². The zero-order chi connectivity index (χ0) is 22.7. The van der Waals surface area contributed by atoms with E-state index >= 15 is 0 Å². The zero-order valence-corrected chi connectivity index (χ0v) is 18.0. The molecule has 2 amide bonds. The number of alkyl carbamates (subject to hydrolysis) is 1. The van der Waals surface area contributed by atoms with Crippen molar-refractivity contribution in [2.45, 2.75) is 50.6 Å². The molecule has 2 aromatic carbocycles. The highest BCUT2D eigenvalue weighted by Crippen LogP contribution is 2.44. The molecule has 2 aliphatic rings. The summed E-state index contributed by atoms with van der Waals surface area (Å²) in [6, 6.07) is 15.5. The molecule has 3 atom stereocenters. The van der Waals surface area contributed by atoms with E-state index in [-0.39, 0.29) is 30.9 Å². The van der Waals surface area contributed by atoms with Crippen LogP contribution in [0, 0.1) is 5.92 Å². The summed E-state index contributed by atoms with van der Waals surface area (Å²) in [5.41, 5.74) is 4.60. The summed E-state index contributed by atoms with van der Waals surface area (Å²) in [4.78, 5) is 35.9. The average molecular weight is 437 g/mol. The van der Waals surface area contributed by atoms with Gasteiger partial charge in [0.1, 0.15) is 6.61 Å².